The van der Waals surface area contributed by atoms with E-state index in [2.05, 4.69) is 6.92 Å². The predicted octanol–water partition coefficient (Wildman–Crippen LogP) is 4.91. The number of unbranched alkanes of at least 4 members (excludes halogenated alkanes) is 5. The van der Waals surface area contributed by atoms with Crippen molar-refractivity contribution < 1.29 is 20.1 Å². The van der Waals surface area contributed by atoms with Crippen LogP contribution < -0.4 is 0 Å². The summed E-state index contributed by atoms with van der Waals surface area (Å²) in [6, 6.07) is 0. The first-order valence-electron chi connectivity index (χ1n) is 7.06. The zero-order valence-corrected chi connectivity index (χ0v) is 16.3. The fourth-order valence-corrected chi connectivity index (χ4v) is 3.63. The minimum atomic E-state index is -1.20. The normalized spacial score (nSPS) is 10.8. The van der Waals surface area contributed by atoms with Crippen LogP contribution in [-0.2, 0) is 6.42 Å². The van der Waals surface area contributed by atoms with E-state index in [0.717, 1.165) is 22.8 Å². The number of benzene rings is 1. The molecule has 0 atom stereocenters. The average molecular weight is 518 g/mol. The first-order valence-corrected chi connectivity index (χ1v) is 9.22. The van der Waals surface area contributed by atoms with Gasteiger partial charge in [0.1, 0.15) is 5.56 Å². The van der Waals surface area contributed by atoms with Crippen LogP contribution in [0.3, 0.4) is 0 Å². The molecule has 0 saturated heterocycles. The van der Waals surface area contributed by atoms with Crippen molar-refractivity contribution in [2.75, 3.05) is 0 Å². The molecule has 0 aliphatic rings. The highest BCUT2D eigenvalue weighted by Crippen LogP contribution is 2.40. The fourth-order valence-electron chi connectivity index (χ4n) is 2.26. The summed E-state index contributed by atoms with van der Waals surface area (Å²) in [4.78, 5) is 11.4. The van der Waals surface area contributed by atoms with E-state index in [9.17, 15) is 20.1 Å². The molecule has 1 aromatic rings. The number of carbonyl (C=O) groups is 1. The molecule has 0 radical (unpaired) electrons. The quantitative estimate of drug-likeness (QED) is 0.260. The SMILES string of the molecule is CCCCCCCCc1c(I)c(I)c(O)c(O)c1C(=O)O. The van der Waals surface area contributed by atoms with E-state index < -0.39 is 11.7 Å². The maximum absolute atomic E-state index is 11.4. The highest BCUT2D eigenvalue weighted by molar-refractivity contribution is 14.1. The first-order chi connectivity index (χ1) is 9.91. The maximum Gasteiger partial charge on any atom is 0.339 e. The van der Waals surface area contributed by atoms with Crippen molar-refractivity contribution in [1.82, 2.24) is 0 Å². The molecule has 0 fully saturated rings. The molecular formula is C15H20I2O4. The summed E-state index contributed by atoms with van der Waals surface area (Å²) in [5, 5.41) is 29.0. The smallest absolute Gasteiger partial charge is 0.339 e. The van der Waals surface area contributed by atoms with Crippen LogP contribution >= 0.6 is 45.2 Å². The second-order valence-electron chi connectivity index (χ2n) is 5.00. The molecule has 6 heteroatoms. The van der Waals surface area contributed by atoms with Gasteiger partial charge >= 0.3 is 5.97 Å². The van der Waals surface area contributed by atoms with Gasteiger partial charge in [-0.3, -0.25) is 0 Å². The summed E-state index contributed by atoms with van der Waals surface area (Å²) in [5.41, 5.74) is 0.462. The minimum Gasteiger partial charge on any atom is -0.504 e. The van der Waals surface area contributed by atoms with Gasteiger partial charge < -0.3 is 15.3 Å². The van der Waals surface area contributed by atoms with Gasteiger partial charge in [0.2, 0.25) is 0 Å². The summed E-state index contributed by atoms with van der Waals surface area (Å²) < 4.78 is 1.23. The molecule has 0 bridgehead atoms. The van der Waals surface area contributed by atoms with Crippen LogP contribution in [0, 0.1) is 7.14 Å². The molecule has 0 spiro atoms. The van der Waals surface area contributed by atoms with E-state index in [4.69, 9.17) is 0 Å². The lowest BCUT2D eigenvalue weighted by atomic mass is 9.99. The van der Waals surface area contributed by atoms with Crippen LogP contribution in [0.2, 0.25) is 0 Å². The summed E-state index contributed by atoms with van der Waals surface area (Å²) in [5.74, 6) is -2.06. The molecule has 0 unspecified atom stereocenters. The third-order valence-electron chi connectivity index (χ3n) is 3.42. The Morgan fingerprint density at radius 2 is 1.52 bits per heavy atom. The molecule has 0 aliphatic carbocycles. The Bertz CT molecular complexity index is 515. The number of hydrogen-bond donors (Lipinski definition) is 3. The second kappa shape index (κ2) is 9.02. The summed E-state index contributed by atoms with van der Waals surface area (Å²) in [7, 11) is 0. The standard InChI is InChI=1S/C15H20I2O4/c1-2-3-4-5-6-7-8-9-10(15(20)21)13(18)14(19)12(17)11(9)16/h18-19H,2-8H2,1H3,(H,20,21). The van der Waals surface area contributed by atoms with Crippen molar-refractivity contribution in [2.24, 2.45) is 0 Å². The zero-order valence-electron chi connectivity index (χ0n) is 12.0. The van der Waals surface area contributed by atoms with Gasteiger partial charge in [-0.2, -0.15) is 0 Å². The van der Waals surface area contributed by atoms with Crippen LogP contribution in [0.5, 0.6) is 11.5 Å². The van der Waals surface area contributed by atoms with Crippen molar-refractivity contribution in [2.45, 2.75) is 51.9 Å². The predicted molar refractivity (Wildman–Crippen MR) is 99.2 cm³/mol. The van der Waals surface area contributed by atoms with E-state index in [-0.39, 0.29) is 11.3 Å². The van der Waals surface area contributed by atoms with E-state index >= 15 is 0 Å². The number of phenolic OH excluding ortho intramolecular Hbond substituents is 1. The zero-order chi connectivity index (χ0) is 16.0. The minimum absolute atomic E-state index is 0.161. The van der Waals surface area contributed by atoms with E-state index in [0.29, 0.717) is 15.6 Å². The van der Waals surface area contributed by atoms with E-state index in [1.807, 2.05) is 45.2 Å². The molecule has 21 heavy (non-hydrogen) atoms. The third kappa shape index (κ3) is 4.87. The highest BCUT2D eigenvalue weighted by atomic mass is 127. The number of halogens is 2. The van der Waals surface area contributed by atoms with Gasteiger partial charge in [-0.15, -0.1) is 0 Å². The van der Waals surface area contributed by atoms with Crippen molar-refractivity contribution in [1.29, 1.82) is 0 Å². The number of rotatable bonds is 8. The average Bonchev–Trinajstić information content (AvgIpc) is 2.45. The molecule has 3 N–H and O–H groups in total. The van der Waals surface area contributed by atoms with Gasteiger partial charge in [0.15, 0.2) is 11.5 Å². The summed E-state index contributed by atoms with van der Waals surface area (Å²) in [6.07, 6.45) is 7.33. The number of aromatic hydroxyl groups is 2. The maximum atomic E-state index is 11.4. The molecule has 1 rings (SSSR count). The van der Waals surface area contributed by atoms with Crippen molar-refractivity contribution in [3.05, 3.63) is 18.3 Å². The molecule has 4 nitrogen and oxygen atoms in total. The summed E-state index contributed by atoms with van der Waals surface area (Å²) in [6.45, 7) is 2.17. The van der Waals surface area contributed by atoms with Crippen molar-refractivity contribution in [3.8, 4) is 11.5 Å². The van der Waals surface area contributed by atoms with Crippen molar-refractivity contribution in [3.63, 3.8) is 0 Å². The first kappa shape index (κ1) is 18.8. The molecule has 0 amide bonds. The highest BCUT2D eigenvalue weighted by Gasteiger charge is 2.24. The Balaban J connectivity index is 2.88. The lowest BCUT2D eigenvalue weighted by Gasteiger charge is -2.14. The Labute approximate surface area is 152 Å². The Kier molecular flexibility index (Phi) is 8.07. The van der Waals surface area contributed by atoms with Crippen LogP contribution in [-0.4, -0.2) is 21.3 Å². The number of hydrogen-bond acceptors (Lipinski definition) is 3. The second-order valence-corrected chi connectivity index (χ2v) is 7.16. The molecule has 118 valence electrons. The van der Waals surface area contributed by atoms with Gasteiger partial charge in [0, 0.05) is 3.57 Å². The Hall–Kier alpha value is -0.250. The topological polar surface area (TPSA) is 77.8 Å². The third-order valence-corrected chi connectivity index (χ3v) is 6.70. The molecule has 0 saturated carbocycles. The largest absolute Gasteiger partial charge is 0.504 e. The number of phenols is 2. The van der Waals surface area contributed by atoms with Gasteiger partial charge in [-0.25, -0.2) is 4.79 Å². The van der Waals surface area contributed by atoms with Crippen LogP contribution in [0.25, 0.3) is 0 Å². The number of aromatic carboxylic acids is 1. The van der Waals surface area contributed by atoms with E-state index in [1.165, 1.54) is 19.3 Å². The van der Waals surface area contributed by atoms with Gasteiger partial charge in [-0.05, 0) is 63.6 Å². The summed E-state index contributed by atoms with van der Waals surface area (Å²) >= 11 is 3.97. The molecular weight excluding hydrogens is 498 g/mol. The van der Waals surface area contributed by atoms with E-state index in [1.54, 1.807) is 0 Å². The van der Waals surface area contributed by atoms with Crippen LogP contribution in [0.1, 0.15) is 61.4 Å². The molecule has 1 aromatic carbocycles. The van der Waals surface area contributed by atoms with Crippen LogP contribution in [0.4, 0.5) is 0 Å². The molecule has 0 heterocycles. The van der Waals surface area contributed by atoms with Crippen LogP contribution in [0.15, 0.2) is 0 Å². The lowest BCUT2D eigenvalue weighted by Crippen LogP contribution is -2.07. The monoisotopic (exact) mass is 518 g/mol. The van der Waals surface area contributed by atoms with Gasteiger partial charge in [0.05, 0.1) is 3.57 Å². The van der Waals surface area contributed by atoms with Gasteiger partial charge in [-0.1, -0.05) is 39.0 Å². The van der Waals surface area contributed by atoms with Crippen molar-refractivity contribution >= 4 is 51.2 Å². The lowest BCUT2D eigenvalue weighted by molar-refractivity contribution is 0.0691. The fraction of sp³-hybridized carbons (Fsp3) is 0.533. The number of carboxylic acid groups (broad SMARTS) is 1. The molecule has 0 aromatic heterocycles. The molecule has 0 aliphatic heterocycles. The Morgan fingerprint density at radius 3 is 2.10 bits per heavy atom. The Morgan fingerprint density at radius 1 is 0.952 bits per heavy atom. The van der Waals surface area contributed by atoms with Gasteiger partial charge in [0.25, 0.3) is 0 Å². The number of carboxylic acids is 1.